The Bertz CT molecular complexity index is 1470. The van der Waals surface area contributed by atoms with Crippen molar-refractivity contribution in [2.24, 2.45) is 0 Å². The Morgan fingerprint density at radius 3 is 1.13 bits per heavy atom. The molecule has 444 valence electrons. The molecule has 0 radical (unpaired) electrons. The normalized spacial score (nSPS) is 13.6. The molecule has 0 rings (SSSR count). The summed E-state index contributed by atoms with van der Waals surface area (Å²) in [6.07, 6.45) is 74.8. The van der Waals surface area contributed by atoms with Gasteiger partial charge in [-0.05, 0) is 77.0 Å². The molecule has 0 heterocycles. The molecule has 2 atom stereocenters. The van der Waals surface area contributed by atoms with Gasteiger partial charge in [0.25, 0.3) is 0 Å². The summed E-state index contributed by atoms with van der Waals surface area (Å²) in [7, 11) is 1.48. The van der Waals surface area contributed by atoms with Gasteiger partial charge >= 0.3 is 19.8 Å². The molecule has 0 aromatic carbocycles. The number of carbonyl (C=O) groups is 2. The van der Waals surface area contributed by atoms with Crippen LogP contribution >= 0.6 is 7.82 Å². The van der Waals surface area contributed by atoms with Gasteiger partial charge in [0.1, 0.15) is 19.8 Å². The highest BCUT2D eigenvalue weighted by molar-refractivity contribution is 7.47. The highest BCUT2D eigenvalue weighted by atomic mass is 31.2. The zero-order valence-corrected chi connectivity index (χ0v) is 51.4. The van der Waals surface area contributed by atoms with Gasteiger partial charge in [-0.1, -0.05) is 267 Å². The predicted octanol–water partition coefficient (Wildman–Crippen LogP) is 20.3. The topological polar surface area (TPSA) is 108 Å². The minimum atomic E-state index is -4.38. The highest BCUT2D eigenvalue weighted by Gasteiger charge is 2.27. The third-order valence-electron chi connectivity index (χ3n) is 14.0. The van der Waals surface area contributed by atoms with Crippen molar-refractivity contribution in [1.82, 2.24) is 0 Å². The van der Waals surface area contributed by atoms with E-state index >= 15 is 0 Å². The van der Waals surface area contributed by atoms with E-state index in [0.29, 0.717) is 17.4 Å². The largest absolute Gasteiger partial charge is 0.472 e. The molecular weight excluding hydrogens is 966 g/mol. The van der Waals surface area contributed by atoms with Gasteiger partial charge in [-0.25, -0.2) is 4.57 Å². The molecule has 76 heavy (non-hydrogen) atoms. The van der Waals surface area contributed by atoms with Crippen LogP contribution < -0.4 is 0 Å². The molecule has 1 N–H and O–H groups in total. The van der Waals surface area contributed by atoms with Gasteiger partial charge in [0.05, 0.1) is 27.7 Å². The average Bonchev–Trinajstić information content (AvgIpc) is 3.38. The molecular formula is C66H123NO8P+. The first kappa shape index (κ1) is 73.7. The SMILES string of the molecule is CC/C=C\C/C=C\C/C=C\C/C=C\CCCCCCCCCCCCCCCCCCCCCCCCCCCCC(=O)OC(COC(=O)CCCCCCC/C=C\CCCCCC)COP(=O)(O)OCC[N+](C)(C)C. The fourth-order valence-electron chi connectivity index (χ4n) is 9.12. The molecule has 0 aromatic heterocycles. The number of hydrogen-bond acceptors (Lipinski definition) is 7. The lowest BCUT2D eigenvalue weighted by atomic mass is 10.0. The van der Waals surface area contributed by atoms with Crippen molar-refractivity contribution in [3.63, 3.8) is 0 Å². The quantitative estimate of drug-likeness (QED) is 0.0211. The number of unbranched alkanes of at least 4 members (excludes halogenated alkanes) is 35. The van der Waals surface area contributed by atoms with Crippen LogP contribution in [0.25, 0.3) is 0 Å². The minimum absolute atomic E-state index is 0.0317. The maximum Gasteiger partial charge on any atom is 0.472 e. The lowest BCUT2D eigenvalue weighted by Crippen LogP contribution is -2.37. The van der Waals surface area contributed by atoms with Crippen LogP contribution in [0.15, 0.2) is 60.8 Å². The van der Waals surface area contributed by atoms with Crippen molar-refractivity contribution in [3.05, 3.63) is 60.8 Å². The van der Waals surface area contributed by atoms with Gasteiger partial charge in [0.15, 0.2) is 6.10 Å². The van der Waals surface area contributed by atoms with Crippen molar-refractivity contribution in [3.8, 4) is 0 Å². The van der Waals surface area contributed by atoms with E-state index in [1.54, 1.807) is 0 Å². The van der Waals surface area contributed by atoms with Crippen LogP contribution in [-0.2, 0) is 32.7 Å². The summed E-state index contributed by atoms with van der Waals surface area (Å²) in [6.45, 7) is 4.32. The average molecular weight is 1090 g/mol. The van der Waals surface area contributed by atoms with Crippen molar-refractivity contribution in [2.75, 3.05) is 47.5 Å². The molecule has 10 heteroatoms. The van der Waals surface area contributed by atoms with E-state index in [-0.39, 0.29) is 32.0 Å². The number of phosphoric acid groups is 1. The van der Waals surface area contributed by atoms with E-state index in [0.717, 1.165) is 77.0 Å². The monoisotopic (exact) mass is 1090 g/mol. The summed E-state index contributed by atoms with van der Waals surface area (Å²) < 4.78 is 34.5. The Balaban J connectivity index is 3.88. The molecule has 0 fully saturated rings. The smallest absolute Gasteiger partial charge is 0.462 e. The lowest BCUT2D eigenvalue weighted by molar-refractivity contribution is -0.870. The maximum absolute atomic E-state index is 12.8. The highest BCUT2D eigenvalue weighted by Crippen LogP contribution is 2.43. The van der Waals surface area contributed by atoms with Gasteiger partial charge < -0.3 is 18.9 Å². The number of hydrogen-bond donors (Lipinski definition) is 1. The van der Waals surface area contributed by atoms with Gasteiger partial charge in [-0.15, -0.1) is 0 Å². The van der Waals surface area contributed by atoms with Gasteiger partial charge in [0, 0.05) is 12.8 Å². The van der Waals surface area contributed by atoms with Crippen LogP contribution in [0, 0.1) is 0 Å². The van der Waals surface area contributed by atoms with E-state index in [2.05, 4.69) is 74.6 Å². The first-order valence-electron chi connectivity index (χ1n) is 32.0. The Labute approximate surface area is 470 Å². The van der Waals surface area contributed by atoms with E-state index in [4.69, 9.17) is 18.5 Å². The van der Waals surface area contributed by atoms with Crippen LogP contribution in [0.3, 0.4) is 0 Å². The fourth-order valence-corrected chi connectivity index (χ4v) is 9.86. The first-order valence-corrected chi connectivity index (χ1v) is 33.5. The molecule has 2 unspecified atom stereocenters. The van der Waals surface area contributed by atoms with Crippen molar-refractivity contribution >= 4 is 19.8 Å². The van der Waals surface area contributed by atoms with Crippen molar-refractivity contribution < 1.29 is 42.1 Å². The summed E-state index contributed by atoms with van der Waals surface area (Å²) in [6, 6.07) is 0. The van der Waals surface area contributed by atoms with E-state index in [9.17, 15) is 19.0 Å². The number of ether oxygens (including phenoxy) is 2. The van der Waals surface area contributed by atoms with Crippen LogP contribution in [0.4, 0.5) is 0 Å². The van der Waals surface area contributed by atoms with Crippen molar-refractivity contribution in [1.29, 1.82) is 0 Å². The van der Waals surface area contributed by atoms with Crippen LogP contribution in [0.1, 0.15) is 296 Å². The zero-order chi connectivity index (χ0) is 55.6. The molecule has 0 saturated heterocycles. The molecule has 0 aromatic rings. The van der Waals surface area contributed by atoms with Crippen molar-refractivity contribution in [2.45, 2.75) is 302 Å². The van der Waals surface area contributed by atoms with Crippen LogP contribution in [-0.4, -0.2) is 74.9 Å². The molecule has 0 aliphatic heterocycles. The third kappa shape index (κ3) is 60.9. The Morgan fingerprint density at radius 2 is 0.750 bits per heavy atom. The standard InChI is InChI=1S/C66H122NO8P/c1-6-8-10-12-14-16-18-20-21-22-23-24-25-26-27-28-29-30-31-32-33-34-35-36-37-38-39-40-41-42-43-44-45-47-49-51-53-55-57-59-66(69)75-64(63-74-76(70,71)73-61-60-67(3,4)5)62-72-65(68)58-56-54-52-50-48-46-19-17-15-13-11-9-7-2/h8,10,14,16-17,19-21,23-24,64H,6-7,9,11-13,15,18,22,25-63H2,1-5H3/p+1/b10-8-,16-14-,19-17-,21-20-,24-23-. The van der Waals surface area contributed by atoms with Gasteiger partial charge in [-0.3, -0.25) is 18.6 Å². The number of phosphoric ester groups is 1. The molecule has 0 amide bonds. The molecule has 0 saturated carbocycles. The second-order valence-electron chi connectivity index (χ2n) is 22.8. The lowest BCUT2D eigenvalue weighted by Gasteiger charge is -2.24. The third-order valence-corrected chi connectivity index (χ3v) is 15.0. The van der Waals surface area contributed by atoms with E-state index in [1.807, 2.05) is 21.1 Å². The number of rotatable bonds is 59. The number of esters is 2. The fraction of sp³-hybridized carbons (Fsp3) is 0.818. The van der Waals surface area contributed by atoms with E-state index < -0.39 is 26.5 Å². The van der Waals surface area contributed by atoms with Gasteiger partial charge in [-0.2, -0.15) is 0 Å². The second kappa shape index (κ2) is 57.4. The molecule has 0 aliphatic rings. The summed E-state index contributed by atoms with van der Waals surface area (Å²) in [5.74, 6) is -0.796. The maximum atomic E-state index is 12.8. The van der Waals surface area contributed by atoms with Gasteiger partial charge in [0.2, 0.25) is 0 Å². The molecule has 0 spiro atoms. The Morgan fingerprint density at radius 1 is 0.421 bits per heavy atom. The molecule has 9 nitrogen and oxygen atoms in total. The molecule has 0 aliphatic carbocycles. The predicted molar refractivity (Wildman–Crippen MR) is 326 cm³/mol. The van der Waals surface area contributed by atoms with Crippen LogP contribution in [0.2, 0.25) is 0 Å². The zero-order valence-electron chi connectivity index (χ0n) is 50.5. The minimum Gasteiger partial charge on any atom is -0.462 e. The van der Waals surface area contributed by atoms with Crippen LogP contribution in [0.5, 0.6) is 0 Å². The Kier molecular flexibility index (Phi) is 55.7. The summed E-state index contributed by atoms with van der Waals surface area (Å²) in [4.78, 5) is 35.6. The number of allylic oxidation sites excluding steroid dienone is 10. The second-order valence-corrected chi connectivity index (χ2v) is 24.2. The number of nitrogens with zero attached hydrogens (tertiary/aromatic N) is 1. The summed E-state index contributed by atoms with van der Waals surface area (Å²) >= 11 is 0. The summed E-state index contributed by atoms with van der Waals surface area (Å²) in [5.41, 5.74) is 0. The number of carbonyl (C=O) groups excluding carboxylic acids is 2. The number of quaternary nitrogens is 1. The number of likely N-dealkylation sites (N-methyl/N-ethyl adjacent to an activating group) is 1. The van der Waals surface area contributed by atoms with E-state index in [1.165, 1.54) is 186 Å². The molecule has 0 bridgehead atoms. The first-order chi connectivity index (χ1) is 37.0. The summed E-state index contributed by atoms with van der Waals surface area (Å²) in [5, 5.41) is 0. The Hall–Kier alpha value is -2.29.